The molecule has 5 rings (SSSR count). The molecule has 0 atom stereocenters. The standard InChI is InChI=1S/C22H20ClFN2O4/c1-13(27)14-4-5-25-18(6-14)19(28)8-21-10-22(11-21,12-21)26-20(29)9-30-15-2-3-16(23)17(24)7-15/h2-7H,8-12H2,1H3,(H,26,29). The first kappa shape index (κ1) is 20.5. The Bertz CT molecular complexity index is 1040. The summed E-state index contributed by atoms with van der Waals surface area (Å²) in [5.74, 6) is -0.871. The van der Waals surface area contributed by atoms with Gasteiger partial charge in [0.2, 0.25) is 0 Å². The highest BCUT2D eigenvalue weighted by atomic mass is 35.5. The Balaban J connectivity index is 1.26. The normalized spacial score (nSPS) is 23.7. The van der Waals surface area contributed by atoms with Crippen molar-refractivity contribution in [3.63, 3.8) is 0 Å². The number of amides is 1. The van der Waals surface area contributed by atoms with Crippen LogP contribution in [0.2, 0.25) is 5.02 Å². The minimum Gasteiger partial charge on any atom is -0.484 e. The van der Waals surface area contributed by atoms with E-state index >= 15 is 0 Å². The molecule has 0 radical (unpaired) electrons. The molecule has 2 aromatic rings. The van der Waals surface area contributed by atoms with Gasteiger partial charge in [0, 0.05) is 29.8 Å². The van der Waals surface area contributed by atoms with Crippen molar-refractivity contribution in [1.29, 1.82) is 0 Å². The molecule has 1 aromatic heterocycles. The van der Waals surface area contributed by atoms with E-state index in [4.69, 9.17) is 16.3 Å². The van der Waals surface area contributed by atoms with Gasteiger partial charge in [-0.1, -0.05) is 11.6 Å². The fourth-order valence-electron chi connectivity index (χ4n) is 4.60. The van der Waals surface area contributed by atoms with Crippen LogP contribution in [0.25, 0.3) is 0 Å². The predicted molar refractivity (Wildman–Crippen MR) is 107 cm³/mol. The summed E-state index contributed by atoms with van der Waals surface area (Å²) >= 11 is 5.62. The molecule has 0 saturated heterocycles. The summed E-state index contributed by atoms with van der Waals surface area (Å²) in [6.07, 6.45) is 3.98. The van der Waals surface area contributed by atoms with Crippen molar-refractivity contribution >= 4 is 29.1 Å². The molecule has 3 fully saturated rings. The summed E-state index contributed by atoms with van der Waals surface area (Å²) in [6, 6.07) is 7.12. The maximum absolute atomic E-state index is 13.4. The highest BCUT2D eigenvalue weighted by Gasteiger charge is 2.68. The van der Waals surface area contributed by atoms with Crippen LogP contribution in [0.3, 0.4) is 0 Å². The lowest BCUT2D eigenvalue weighted by Crippen LogP contribution is -2.75. The molecule has 0 spiro atoms. The zero-order chi connectivity index (χ0) is 21.5. The lowest BCUT2D eigenvalue weighted by Gasteiger charge is -2.70. The second-order valence-electron chi connectivity index (χ2n) is 8.31. The maximum Gasteiger partial charge on any atom is 0.258 e. The molecular weight excluding hydrogens is 411 g/mol. The molecule has 1 amide bonds. The fourth-order valence-corrected chi connectivity index (χ4v) is 4.72. The van der Waals surface area contributed by atoms with E-state index < -0.39 is 5.82 Å². The van der Waals surface area contributed by atoms with Crippen LogP contribution in [-0.4, -0.2) is 34.6 Å². The van der Waals surface area contributed by atoms with Gasteiger partial charge < -0.3 is 10.1 Å². The molecule has 1 N–H and O–H groups in total. The van der Waals surface area contributed by atoms with E-state index in [9.17, 15) is 18.8 Å². The van der Waals surface area contributed by atoms with Crippen LogP contribution in [0.4, 0.5) is 4.39 Å². The molecule has 30 heavy (non-hydrogen) atoms. The number of Topliss-reactive ketones (excluding diaryl/α,β-unsaturated/α-hetero) is 2. The molecule has 0 aliphatic heterocycles. The Morgan fingerprint density at radius 2 is 1.93 bits per heavy atom. The van der Waals surface area contributed by atoms with Crippen molar-refractivity contribution in [2.75, 3.05) is 6.61 Å². The number of carbonyl (C=O) groups is 3. The van der Waals surface area contributed by atoms with Gasteiger partial charge in [0.25, 0.3) is 5.91 Å². The summed E-state index contributed by atoms with van der Waals surface area (Å²) in [5.41, 5.74) is 0.364. The topological polar surface area (TPSA) is 85.4 Å². The van der Waals surface area contributed by atoms with E-state index in [-0.39, 0.29) is 45.8 Å². The summed E-state index contributed by atoms with van der Waals surface area (Å²) in [5, 5.41) is 2.95. The Labute approximate surface area is 177 Å². The number of hydrogen-bond donors (Lipinski definition) is 1. The molecule has 156 valence electrons. The van der Waals surface area contributed by atoms with E-state index in [1.54, 1.807) is 6.07 Å². The molecule has 2 bridgehead atoms. The number of rotatable bonds is 8. The van der Waals surface area contributed by atoms with Crippen LogP contribution in [0, 0.1) is 11.2 Å². The number of halogens is 2. The first-order valence-corrected chi connectivity index (χ1v) is 9.96. The number of ketones is 2. The molecule has 1 heterocycles. The lowest BCUT2D eigenvalue weighted by atomic mass is 9.38. The monoisotopic (exact) mass is 430 g/mol. The van der Waals surface area contributed by atoms with Gasteiger partial charge in [-0.15, -0.1) is 0 Å². The van der Waals surface area contributed by atoms with Crippen LogP contribution in [0.5, 0.6) is 5.75 Å². The molecular formula is C22H20ClFN2O4. The van der Waals surface area contributed by atoms with Crippen molar-refractivity contribution in [3.8, 4) is 5.75 Å². The molecule has 0 unspecified atom stereocenters. The number of ether oxygens (including phenoxy) is 1. The summed E-state index contributed by atoms with van der Waals surface area (Å²) in [6.45, 7) is 1.22. The van der Waals surface area contributed by atoms with Crippen LogP contribution >= 0.6 is 11.6 Å². The second kappa shape index (κ2) is 7.47. The quantitative estimate of drug-likeness (QED) is 0.644. The minimum absolute atomic E-state index is 0.0104. The average Bonchev–Trinajstić information content (AvgIpc) is 2.66. The van der Waals surface area contributed by atoms with Crippen LogP contribution in [-0.2, 0) is 4.79 Å². The van der Waals surface area contributed by atoms with Gasteiger partial charge in [0.15, 0.2) is 18.2 Å². The molecule has 1 aromatic carbocycles. The van der Waals surface area contributed by atoms with E-state index in [1.165, 1.54) is 31.3 Å². The minimum atomic E-state index is -0.607. The number of aromatic nitrogens is 1. The molecule has 3 aliphatic carbocycles. The number of nitrogens with zero attached hydrogens (tertiary/aromatic N) is 1. The summed E-state index contributed by atoms with van der Waals surface area (Å²) < 4.78 is 18.7. The number of hydrogen-bond acceptors (Lipinski definition) is 5. The van der Waals surface area contributed by atoms with Crippen molar-refractivity contribution in [3.05, 3.63) is 58.6 Å². The summed E-state index contributed by atoms with van der Waals surface area (Å²) in [7, 11) is 0. The smallest absolute Gasteiger partial charge is 0.258 e. The van der Waals surface area contributed by atoms with Crippen molar-refractivity contribution in [2.45, 2.75) is 38.1 Å². The second-order valence-corrected chi connectivity index (χ2v) is 8.72. The zero-order valence-electron chi connectivity index (χ0n) is 16.3. The highest BCUT2D eigenvalue weighted by molar-refractivity contribution is 6.30. The van der Waals surface area contributed by atoms with Crippen LogP contribution in [0.15, 0.2) is 36.5 Å². The third-order valence-corrected chi connectivity index (χ3v) is 6.10. The SMILES string of the molecule is CC(=O)c1ccnc(C(=O)CC23CC(NC(=O)COc4ccc(Cl)c(F)c4)(C2)C3)c1. The third-order valence-electron chi connectivity index (χ3n) is 5.79. The molecule has 8 heteroatoms. The van der Waals surface area contributed by atoms with E-state index in [2.05, 4.69) is 10.3 Å². The van der Waals surface area contributed by atoms with Gasteiger partial charge in [-0.05, 0) is 55.9 Å². The largest absolute Gasteiger partial charge is 0.484 e. The number of benzene rings is 1. The molecule has 6 nitrogen and oxygen atoms in total. The molecule has 3 aliphatic rings. The Morgan fingerprint density at radius 1 is 1.20 bits per heavy atom. The number of nitrogens with one attached hydrogen (secondary N) is 1. The predicted octanol–water partition coefficient (Wildman–Crippen LogP) is 3.77. The first-order valence-electron chi connectivity index (χ1n) is 9.58. The van der Waals surface area contributed by atoms with Gasteiger partial charge in [-0.2, -0.15) is 0 Å². The van der Waals surface area contributed by atoms with E-state index in [0.717, 1.165) is 25.3 Å². The lowest BCUT2D eigenvalue weighted by molar-refractivity contribution is -0.164. The van der Waals surface area contributed by atoms with Gasteiger partial charge in [-0.3, -0.25) is 19.4 Å². The highest BCUT2D eigenvalue weighted by Crippen LogP contribution is 2.69. The van der Waals surface area contributed by atoms with E-state index in [0.29, 0.717) is 17.7 Å². The maximum atomic E-state index is 13.4. The van der Waals surface area contributed by atoms with Gasteiger partial charge >= 0.3 is 0 Å². The van der Waals surface area contributed by atoms with Crippen LogP contribution in [0.1, 0.15) is 53.5 Å². The Morgan fingerprint density at radius 3 is 2.60 bits per heavy atom. The average molecular weight is 431 g/mol. The van der Waals surface area contributed by atoms with Crippen molar-refractivity contribution < 1.29 is 23.5 Å². The summed E-state index contributed by atoms with van der Waals surface area (Å²) in [4.78, 5) is 40.3. The van der Waals surface area contributed by atoms with Gasteiger partial charge in [-0.25, -0.2) is 4.39 Å². The zero-order valence-corrected chi connectivity index (χ0v) is 17.1. The van der Waals surface area contributed by atoms with Crippen molar-refractivity contribution in [2.24, 2.45) is 5.41 Å². The number of carbonyl (C=O) groups excluding carboxylic acids is 3. The Kier molecular flexibility index (Phi) is 5.10. The fraction of sp³-hybridized carbons (Fsp3) is 0.364. The third kappa shape index (κ3) is 3.94. The van der Waals surface area contributed by atoms with Gasteiger partial charge in [0.05, 0.1) is 5.02 Å². The number of pyridine rings is 1. The van der Waals surface area contributed by atoms with Crippen LogP contribution < -0.4 is 10.1 Å². The van der Waals surface area contributed by atoms with Gasteiger partial charge in [0.1, 0.15) is 17.3 Å². The van der Waals surface area contributed by atoms with E-state index in [1.807, 2.05) is 0 Å². The first-order chi connectivity index (χ1) is 14.2. The Hall–Kier alpha value is -2.80. The van der Waals surface area contributed by atoms with Crippen molar-refractivity contribution in [1.82, 2.24) is 10.3 Å². The molecule has 3 saturated carbocycles.